The van der Waals surface area contributed by atoms with Gasteiger partial charge in [-0.3, -0.25) is 4.79 Å². The van der Waals surface area contributed by atoms with Crippen LogP contribution in [0.4, 0.5) is 0 Å². The molecule has 0 radical (unpaired) electrons. The van der Waals surface area contributed by atoms with Gasteiger partial charge in [-0.25, -0.2) is 0 Å². The van der Waals surface area contributed by atoms with Crippen molar-refractivity contribution in [2.24, 2.45) is 0 Å². The van der Waals surface area contributed by atoms with Gasteiger partial charge < -0.3 is 15.4 Å². The summed E-state index contributed by atoms with van der Waals surface area (Å²) in [6.45, 7) is 3.51. The number of carbonyl (C=O) groups excluding carboxylic acids is 1. The second-order valence-electron chi connectivity index (χ2n) is 3.80. The van der Waals surface area contributed by atoms with Crippen LogP contribution >= 0.6 is 11.6 Å². The monoisotopic (exact) mass is 270 g/mol. The van der Waals surface area contributed by atoms with Crippen LogP contribution in [0, 0.1) is 0 Å². The highest BCUT2D eigenvalue weighted by atomic mass is 35.5. The van der Waals surface area contributed by atoms with Crippen molar-refractivity contribution in [1.82, 2.24) is 10.6 Å². The summed E-state index contributed by atoms with van der Waals surface area (Å²) >= 11 is 6.10. The molecule has 100 valence electrons. The zero-order chi connectivity index (χ0) is 13.4. The van der Waals surface area contributed by atoms with Crippen molar-refractivity contribution in [2.45, 2.75) is 19.9 Å². The minimum Gasteiger partial charge on any atom is -0.493 e. The third-order valence-corrected chi connectivity index (χ3v) is 2.74. The molecule has 1 rings (SSSR count). The maximum Gasteiger partial charge on any atom is 0.223 e. The molecular formula is C13H19ClN2O2. The number of amides is 1. The molecule has 5 heteroatoms. The molecule has 1 aromatic carbocycles. The molecule has 0 unspecified atom stereocenters. The molecule has 0 atom stereocenters. The second kappa shape index (κ2) is 7.95. The Morgan fingerprint density at radius 3 is 2.89 bits per heavy atom. The first kappa shape index (κ1) is 14.8. The number of carbonyl (C=O) groups is 1. The predicted octanol–water partition coefficient (Wildman–Crippen LogP) is 1.96. The summed E-state index contributed by atoms with van der Waals surface area (Å²) in [4.78, 5) is 11.3. The molecule has 0 aliphatic rings. The minimum absolute atomic E-state index is 0.00491. The number of hydrogen-bond acceptors (Lipinski definition) is 3. The van der Waals surface area contributed by atoms with E-state index in [4.69, 9.17) is 16.3 Å². The Labute approximate surface area is 113 Å². The fourth-order valence-electron chi connectivity index (χ4n) is 1.56. The fourth-order valence-corrected chi connectivity index (χ4v) is 1.79. The highest BCUT2D eigenvalue weighted by molar-refractivity contribution is 6.31. The quantitative estimate of drug-likeness (QED) is 0.796. The summed E-state index contributed by atoms with van der Waals surface area (Å²) in [5, 5.41) is 6.43. The van der Waals surface area contributed by atoms with Crippen LogP contribution in [0.25, 0.3) is 0 Å². The highest BCUT2D eigenvalue weighted by Gasteiger charge is 2.08. The molecule has 0 bridgehead atoms. The van der Waals surface area contributed by atoms with E-state index in [1.165, 1.54) is 0 Å². The van der Waals surface area contributed by atoms with Gasteiger partial charge in [-0.05, 0) is 26.1 Å². The molecule has 0 aromatic heterocycles. The molecule has 0 heterocycles. The zero-order valence-corrected chi connectivity index (χ0v) is 11.5. The third-order valence-electron chi connectivity index (χ3n) is 2.39. The van der Waals surface area contributed by atoms with Gasteiger partial charge in [0.1, 0.15) is 5.75 Å². The van der Waals surface area contributed by atoms with Crippen LogP contribution in [0.3, 0.4) is 0 Å². The maximum absolute atomic E-state index is 11.3. The lowest BCUT2D eigenvalue weighted by molar-refractivity contribution is -0.121. The molecule has 18 heavy (non-hydrogen) atoms. The van der Waals surface area contributed by atoms with Crippen LogP contribution in [0.1, 0.15) is 18.9 Å². The lowest BCUT2D eigenvalue weighted by Crippen LogP contribution is -2.24. The summed E-state index contributed by atoms with van der Waals surface area (Å²) in [5.41, 5.74) is 0.914. The van der Waals surface area contributed by atoms with E-state index in [1.54, 1.807) is 0 Å². The third kappa shape index (κ3) is 4.55. The minimum atomic E-state index is -0.00491. The Kier molecular flexibility index (Phi) is 6.54. The molecule has 0 fully saturated rings. The van der Waals surface area contributed by atoms with E-state index >= 15 is 0 Å². The van der Waals surface area contributed by atoms with Gasteiger partial charge in [-0.15, -0.1) is 0 Å². The first-order valence-electron chi connectivity index (χ1n) is 6.00. The van der Waals surface area contributed by atoms with Crippen molar-refractivity contribution >= 4 is 17.5 Å². The fraction of sp³-hybridized carbons (Fsp3) is 0.462. The number of rotatable bonds is 7. The van der Waals surface area contributed by atoms with Gasteiger partial charge in [0.15, 0.2) is 0 Å². The predicted molar refractivity (Wildman–Crippen MR) is 73.0 cm³/mol. The van der Waals surface area contributed by atoms with Gasteiger partial charge in [0.05, 0.1) is 13.0 Å². The molecule has 1 amide bonds. The number of ether oxygens (including phenoxy) is 1. The molecule has 0 saturated heterocycles. The molecule has 0 spiro atoms. The van der Waals surface area contributed by atoms with Crippen molar-refractivity contribution in [3.63, 3.8) is 0 Å². The molecule has 0 aliphatic carbocycles. The summed E-state index contributed by atoms with van der Waals surface area (Å²) in [7, 11) is 1.85. The normalized spacial score (nSPS) is 10.2. The molecule has 2 N–H and O–H groups in total. The largest absolute Gasteiger partial charge is 0.493 e. The van der Waals surface area contributed by atoms with E-state index in [0.29, 0.717) is 31.1 Å². The summed E-state index contributed by atoms with van der Waals surface area (Å²) in [5.74, 6) is 0.718. The van der Waals surface area contributed by atoms with E-state index in [2.05, 4.69) is 10.6 Å². The summed E-state index contributed by atoms with van der Waals surface area (Å²) in [6.07, 6.45) is 0.347. The molecule has 0 saturated carbocycles. The van der Waals surface area contributed by atoms with Gasteiger partial charge in [0.2, 0.25) is 5.91 Å². The summed E-state index contributed by atoms with van der Waals surface area (Å²) < 4.78 is 5.60. The first-order chi connectivity index (χ1) is 8.69. The molecule has 0 aliphatic heterocycles. The van der Waals surface area contributed by atoms with Crippen molar-refractivity contribution in [2.75, 3.05) is 20.2 Å². The average Bonchev–Trinajstić information content (AvgIpc) is 2.34. The van der Waals surface area contributed by atoms with E-state index in [1.807, 2.05) is 32.2 Å². The van der Waals surface area contributed by atoms with Gasteiger partial charge >= 0.3 is 0 Å². The maximum atomic E-state index is 11.3. The molecule has 1 aromatic rings. The average molecular weight is 271 g/mol. The Hall–Kier alpha value is -1.26. The van der Waals surface area contributed by atoms with Crippen molar-refractivity contribution in [1.29, 1.82) is 0 Å². The van der Waals surface area contributed by atoms with Crippen LogP contribution in [0.15, 0.2) is 18.2 Å². The SMILES string of the molecule is CCNC(=O)CCOc1cccc(Cl)c1CNC. The van der Waals surface area contributed by atoms with Crippen LogP contribution < -0.4 is 15.4 Å². The topological polar surface area (TPSA) is 50.4 Å². The van der Waals surface area contributed by atoms with Gasteiger partial charge in [0.25, 0.3) is 0 Å². The lowest BCUT2D eigenvalue weighted by atomic mass is 10.2. The van der Waals surface area contributed by atoms with Gasteiger partial charge in [-0.2, -0.15) is 0 Å². The van der Waals surface area contributed by atoms with Crippen molar-refractivity contribution < 1.29 is 9.53 Å². The van der Waals surface area contributed by atoms with Crippen LogP contribution in [0.5, 0.6) is 5.75 Å². The smallest absolute Gasteiger partial charge is 0.223 e. The Morgan fingerprint density at radius 2 is 2.22 bits per heavy atom. The van der Waals surface area contributed by atoms with Gasteiger partial charge in [0, 0.05) is 23.7 Å². The van der Waals surface area contributed by atoms with E-state index in [-0.39, 0.29) is 5.91 Å². The van der Waals surface area contributed by atoms with E-state index in [0.717, 1.165) is 11.3 Å². The number of benzene rings is 1. The van der Waals surface area contributed by atoms with Crippen molar-refractivity contribution in [3.8, 4) is 5.75 Å². The number of hydrogen-bond donors (Lipinski definition) is 2. The first-order valence-corrected chi connectivity index (χ1v) is 6.38. The Morgan fingerprint density at radius 1 is 1.44 bits per heavy atom. The zero-order valence-electron chi connectivity index (χ0n) is 10.8. The van der Waals surface area contributed by atoms with Crippen LogP contribution in [-0.2, 0) is 11.3 Å². The van der Waals surface area contributed by atoms with E-state index < -0.39 is 0 Å². The van der Waals surface area contributed by atoms with Gasteiger partial charge in [-0.1, -0.05) is 17.7 Å². The Balaban J connectivity index is 2.56. The van der Waals surface area contributed by atoms with Crippen molar-refractivity contribution in [3.05, 3.63) is 28.8 Å². The summed E-state index contributed by atoms with van der Waals surface area (Å²) in [6, 6.07) is 5.52. The number of halogens is 1. The Bertz CT molecular complexity index is 397. The lowest BCUT2D eigenvalue weighted by Gasteiger charge is -2.12. The standard InChI is InChI=1S/C13H19ClN2O2/c1-3-16-13(17)7-8-18-12-6-4-5-11(14)10(12)9-15-2/h4-6,15H,3,7-9H2,1-2H3,(H,16,17). The highest BCUT2D eigenvalue weighted by Crippen LogP contribution is 2.26. The molecule has 4 nitrogen and oxygen atoms in total. The molecular weight excluding hydrogens is 252 g/mol. The van der Waals surface area contributed by atoms with Crippen LogP contribution in [-0.4, -0.2) is 26.1 Å². The number of nitrogens with one attached hydrogen (secondary N) is 2. The van der Waals surface area contributed by atoms with Crippen LogP contribution in [0.2, 0.25) is 5.02 Å². The van der Waals surface area contributed by atoms with E-state index in [9.17, 15) is 4.79 Å². The second-order valence-corrected chi connectivity index (χ2v) is 4.21.